The van der Waals surface area contributed by atoms with Crippen LogP contribution in [-0.2, 0) is 38.9 Å². The number of amides is 5. The summed E-state index contributed by atoms with van der Waals surface area (Å²) in [5, 5.41) is 5.32. The largest absolute Gasteiger partial charge is 0.353 e. The number of nitrogens with zero attached hydrogens (tertiary/aromatic N) is 4. The highest BCUT2D eigenvalue weighted by Gasteiger charge is 2.32. The van der Waals surface area contributed by atoms with E-state index in [4.69, 9.17) is 4.84 Å². The molecular weight excluding hydrogens is 636 g/mol. The van der Waals surface area contributed by atoms with Gasteiger partial charge in [-0.15, -0.1) is 5.06 Å². The molecule has 1 atom stereocenters. The van der Waals surface area contributed by atoms with Crippen LogP contribution in [0.25, 0.3) is 11.4 Å². The molecule has 1 aliphatic heterocycles. The summed E-state index contributed by atoms with van der Waals surface area (Å²) in [6.45, 7) is 1.91. The van der Waals surface area contributed by atoms with Crippen molar-refractivity contribution in [1.82, 2.24) is 30.6 Å². The second kappa shape index (κ2) is 17.2. The van der Waals surface area contributed by atoms with E-state index >= 15 is 0 Å². The first-order valence-corrected chi connectivity index (χ1v) is 16.6. The van der Waals surface area contributed by atoms with Crippen molar-refractivity contribution < 1.29 is 46.6 Å². The zero-order valence-electron chi connectivity index (χ0n) is 26.1. The van der Waals surface area contributed by atoms with Gasteiger partial charge in [0.2, 0.25) is 11.8 Å². The van der Waals surface area contributed by atoms with Crippen molar-refractivity contribution in [2.75, 3.05) is 25.9 Å². The Morgan fingerprint density at radius 3 is 2.23 bits per heavy atom. The Bertz CT molecular complexity index is 1580. The normalized spacial score (nSPS) is 13.6. The number of carbonyl (C=O) groups excluding carboxylic acids is 6. The second-order valence-electron chi connectivity index (χ2n) is 11.0. The standard InChI is InChI=1S/C30H38N6O10S/c1-20-11-13-31-22(17-20)23-18-21(12-14-32-23)29(41)34-24(19-47(43,44)45)30(42)33-15-16-35(2)25(37)7-5-3-4-6-8-28(40)46-36-26(38)9-10-27(36)39/h11-14,17-18,24H,3-10,15-16,19H2,1-2H3,(H,33,42)(H,34,41)(H,43,44,45). The van der Waals surface area contributed by atoms with E-state index < -0.39 is 51.5 Å². The molecule has 0 radical (unpaired) electrons. The first-order chi connectivity index (χ1) is 22.2. The maximum Gasteiger partial charge on any atom is 0.333 e. The van der Waals surface area contributed by atoms with Crippen LogP contribution < -0.4 is 10.6 Å². The van der Waals surface area contributed by atoms with Crippen molar-refractivity contribution in [2.45, 2.75) is 64.3 Å². The molecule has 17 heteroatoms. The third kappa shape index (κ3) is 12.2. The van der Waals surface area contributed by atoms with Gasteiger partial charge in [0.25, 0.3) is 27.8 Å². The highest BCUT2D eigenvalue weighted by molar-refractivity contribution is 7.85. The van der Waals surface area contributed by atoms with Crippen LogP contribution in [0.5, 0.6) is 0 Å². The van der Waals surface area contributed by atoms with Gasteiger partial charge < -0.3 is 20.4 Å². The number of carbonyl (C=O) groups is 6. The molecule has 3 rings (SSSR count). The van der Waals surface area contributed by atoms with Gasteiger partial charge in [0.05, 0.1) is 11.4 Å². The quantitative estimate of drug-likeness (QED) is 0.121. The third-order valence-electron chi connectivity index (χ3n) is 7.09. The smallest absolute Gasteiger partial charge is 0.333 e. The Hall–Kier alpha value is -4.77. The van der Waals surface area contributed by atoms with Crippen LogP contribution >= 0.6 is 0 Å². The van der Waals surface area contributed by atoms with Crippen LogP contribution in [0, 0.1) is 6.92 Å². The number of aromatic nitrogens is 2. The minimum absolute atomic E-state index is 0.0233. The lowest BCUT2D eigenvalue weighted by molar-refractivity contribution is -0.197. The summed E-state index contributed by atoms with van der Waals surface area (Å²) < 4.78 is 32.6. The average molecular weight is 675 g/mol. The predicted molar refractivity (Wildman–Crippen MR) is 165 cm³/mol. The summed E-state index contributed by atoms with van der Waals surface area (Å²) >= 11 is 0. The topological polar surface area (TPSA) is 222 Å². The monoisotopic (exact) mass is 674 g/mol. The molecule has 5 amide bonds. The Morgan fingerprint density at radius 1 is 0.979 bits per heavy atom. The average Bonchev–Trinajstić information content (AvgIpc) is 3.33. The van der Waals surface area contributed by atoms with Gasteiger partial charge in [-0.1, -0.05) is 12.8 Å². The first-order valence-electron chi connectivity index (χ1n) is 15.0. The summed E-state index contributed by atoms with van der Waals surface area (Å²) in [7, 11) is -3.12. The van der Waals surface area contributed by atoms with Crippen LogP contribution in [-0.4, -0.2) is 100 Å². The molecule has 2 aromatic heterocycles. The zero-order valence-corrected chi connectivity index (χ0v) is 27.0. The molecule has 0 saturated carbocycles. The highest BCUT2D eigenvalue weighted by atomic mass is 32.2. The molecule has 47 heavy (non-hydrogen) atoms. The number of pyridine rings is 2. The zero-order chi connectivity index (χ0) is 34.6. The van der Waals surface area contributed by atoms with E-state index in [1.807, 2.05) is 6.92 Å². The van der Waals surface area contributed by atoms with Gasteiger partial charge in [0.15, 0.2) is 0 Å². The summed E-state index contributed by atoms with van der Waals surface area (Å²) in [4.78, 5) is 87.7. The highest BCUT2D eigenvalue weighted by Crippen LogP contribution is 2.17. The number of hydroxylamine groups is 2. The molecular formula is C30H38N6O10S. The molecule has 1 fully saturated rings. The Balaban J connectivity index is 1.40. The molecule has 2 aromatic rings. The Morgan fingerprint density at radius 2 is 1.60 bits per heavy atom. The molecule has 0 aromatic carbocycles. The van der Waals surface area contributed by atoms with Gasteiger partial charge in [-0.25, -0.2) is 4.79 Å². The number of nitrogens with one attached hydrogen (secondary N) is 2. The maximum atomic E-state index is 12.9. The van der Waals surface area contributed by atoms with Gasteiger partial charge in [-0.3, -0.25) is 38.5 Å². The lowest BCUT2D eigenvalue weighted by atomic mass is 10.1. The molecule has 0 spiro atoms. The molecule has 0 bridgehead atoms. The molecule has 1 unspecified atom stereocenters. The second-order valence-corrected chi connectivity index (χ2v) is 12.5. The van der Waals surface area contributed by atoms with E-state index in [1.165, 1.54) is 30.3 Å². The number of rotatable bonds is 17. The van der Waals surface area contributed by atoms with Crippen LogP contribution in [0.2, 0.25) is 0 Å². The van der Waals surface area contributed by atoms with E-state index in [1.54, 1.807) is 18.3 Å². The lowest BCUT2D eigenvalue weighted by Gasteiger charge is -2.20. The molecule has 1 aliphatic rings. The number of hydrogen-bond donors (Lipinski definition) is 3. The van der Waals surface area contributed by atoms with Crippen LogP contribution in [0.15, 0.2) is 36.7 Å². The van der Waals surface area contributed by atoms with Gasteiger partial charge in [-0.2, -0.15) is 8.42 Å². The number of hydrogen-bond acceptors (Lipinski definition) is 11. The first kappa shape index (κ1) is 36.7. The summed E-state index contributed by atoms with van der Waals surface area (Å²) in [5.41, 5.74) is 1.92. The third-order valence-corrected chi connectivity index (χ3v) is 7.85. The van der Waals surface area contributed by atoms with Crippen LogP contribution in [0.1, 0.15) is 67.3 Å². The van der Waals surface area contributed by atoms with Crippen molar-refractivity contribution in [3.63, 3.8) is 0 Å². The SMILES string of the molecule is Cc1ccnc(-c2cc(C(=O)NC(CS(=O)(=O)O)C(=O)NCCN(C)C(=O)CCCCCCC(=O)ON3C(=O)CCC3=O)ccn2)c1. The van der Waals surface area contributed by atoms with Crippen LogP contribution in [0.3, 0.4) is 0 Å². The van der Waals surface area contributed by atoms with E-state index in [0.29, 0.717) is 42.1 Å². The number of aryl methyl sites for hydroxylation is 1. The van der Waals surface area contributed by atoms with Gasteiger partial charge in [0.1, 0.15) is 11.8 Å². The molecule has 254 valence electrons. The molecule has 3 heterocycles. The molecule has 16 nitrogen and oxygen atoms in total. The fraction of sp³-hybridized carbons (Fsp3) is 0.467. The van der Waals surface area contributed by atoms with Crippen molar-refractivity contribution >= 4 is 45.6 Å². The predicted octanol–water partition coefficient (Wildman–Crippen LogP) is 0.961. The van der Waals surface area contributed by atoms with Gasteiger partial charge in [-0.05, 0) is 49.6 Å². The summed E-state index contributed by atoms with van der Waals surface area (Å²) in [6, 6.07) is 4.77. The van der Waals surface area contributed by atoms with Crippen molar-refractivity contribution in [1.29, 1.82) is 0 Å². The summed E-state index contributed by atoms with van der Waals surface area (Å²) in [6.07, 6.45) is 5.50. The summed E-state index contributed by atoms with van der Waals surface area (Å²) in [5.74, 6) is -4.67. The van der Waals surface area contributed by atoms with E-state index in [2.05, 4.69) is 20.6 Å². The van der Waals surface area contributed by atoms with Crippen LogP contribution in [0.4, 0.5) is 0 Å². The van der Waals surface area contributed by atoms with Gasteiger partial charge >= 0.3 is 5.97 Å². The molecule has 3 N–H and O–H groups in total. The fourth-order valence-corrected chi connectivity index (χ4v) is 5.17. The minimum Gasteiger partial charge on any atom is -0.353 e. The number of imide groups is 1. The number of likely N-dealkylation sites (N-methyl/N-ethyl adjacent to an activating group) is 1. The van der Waals surface area contributed by atoms with E-state index in [-0.39, 0.29) is 50.2 Å². The number of unbranched alkanes of at least 4 members (excludes halogenated alkanes) is 3. The van der Waals surface area contributed by atoms with Crippen molar-refractivity contribution in [3.05, 3.63) is 47.8 Å². The van der Waals surface area contributed by atoms with Crippen molar-refractivity contribution in [2.24, 2.45) is 0 Å². The Labute approximate surface area is 272 Å². The fourth-order valence-electron chi connectivity index (χ4n) is 4.51. The lowest BCUT2D eigenvalue weighted by Crippen LogP contribution is -2.51. The minimum atomic E-state index is -4.66. The van der Waals surface area contributed by atoms with E-state index in [0.717, 1.165) is 5.56 Å². The Kier molecular flexibility index (Phi) is 13.5. The molecule has 1 saturated heterocycles. The van der Waals surface area contributed by atoms with Crippen molar-refractivity contribution in [3.8, 4) is 11.4 Å². The molecule has 0 aliphatic carbocycles. The maximum absolute atomic E-state index is 12.9. The van der Waals surface area contributed by atoms with Gasteiger partial charge in [0, 0.05) is 63.8 Å². The van der Waals surface area contributed by atoms with E-state index in [9.17, 15) is 41.7 Å².